The first kappa shape index (κ1) is 18.3. The highest BCUT2D eigenvalue weighted by Gasteiger charge is 2.15. The fourth-order valence-electron chi connectivity index (χ4n) is 1.35. The summed E-state index contributed by atoms with van der Waals surface area (Å²) >= 11 is 2.19. The van der Waals surface area contributed by atoms with Gasteiger partial charge in [-0.05, 0) is 12.1 Å². The number of carboxylic acids is 2. The van der Waals surface area contributed by atoms with Crippen LogP contribution in [0.25, 0.3) is 10.2 Å². The quantitative estimate of drug-likeness (QED) is 0.757. The van der Waals surface area contributed by atoms with Crippen LogP contribution in [0.4, 0.5) is 0 Å². The molecule has 0 aliphatic rings. The van der Waals surface area contributed by atoms with Gasteiger partial charge in [0.25, 0.3) is 0 Å². The van der Waals surface area contributed by atoms with E-state index in [1.807, 2.05) is 24.3 Å². The van der Waals surface area contributed by atoms with E-state index in [0.29, 0.717) is 4.34 Å². The minimum Gasteiger partial charge on any atom is -0.550 e. The molecule has 1 atom stereocenters. The Morgan fingerprint density at radius 3 is 2.45 bits per heavy atom. The molecule has 0 amide bonds. The molecule has 0 bridgehead atoms. The maximum absolute atomic E-state index is 10.8. The average molecular weight is 317 g/mol. The van der Waals surface area contributed by atoms with Gasteiger partial charge in [0.05, 0.1) is 21.4 Å². The van der Waals surface area contributed by atoms with Crippen molar-refractivity contribution in [1.29, 1.82) is 0 Å². The number of carbonyl (C=O) groups is 2. The lowest BCUT2D eigenvalue weighted by Crippen LogP contribution is -2.38. The molecule has 2 rings (SSSR count). The summed E-state index contributed by atoms with van der Waals surface area (Å²) in [6, 6.07) is 7.35. The van der Waals surface area contributed by atoms with E-state index < -0.39 is 23.6 Å². The lowest BCUT2D eigenvalue weighted by atomic mass is 10.3. The van der Waals surface area contributed by atoms with Crippen molar-refractivity contribution in [3.05, 3.63) is 24.3 Å². The zero-order valence-corrected chi connectivity index (χ0v) is 12.6. The predicted octanol–water partition coefficient (Wildman–Crippen LogP) is 0.399. The van der Waals surface area contributed by atoms with Crippen LogP contribution in [0, 0.1) is 0 Å². The van der Waals surface area contributed by atoms with E-state index in [2.05, 4.69) is 4.98 Å². The van der Waals surface area contributed by atoms with Crippen LogP contribution in [0.1, 0.15) is 6.42 Å². The maximum atomic E-state index is 10.8. The van der Waals surface area contributed by atoms with E-state index >= 15 is 0 Å². The van der Waals surface area contributed by atoms with Crippen molar-refractivity contribution in [2.24, 2.45) is 0 Å². The smallest absolute Gasteiger partial charge is 0.151 e. The van der Waals surface area contributed by atoms with E-state index in [4.69, 9.17) is 0 Å². The standard InChI is InChI=1S/C11H9NO4S2.2H3N/c13-9(14)5-8(10(15)16)18-11-12-6-3-1-2-4-7(6)17-11;;/h1-4,8H,5H2,(H,13,14)(H,15,16);2*1H3. The molecule has 1 heterocycles. The van der Waals surface area contributed by atoms with E-state index in [0.717, 1.165) is 22.0 Å². The third-order valence-electron chi connectivity index (χ3n) is 2.13. The number of hydrogen-bond donors (Lipinski definition) is 2. The van der Waals surface area contributed by atoms with Crippen LogP contribution < -0.4 is 22.5 Å². The maximum Gasteiger partial charge on any atom is 0.151 e. The Labute approximate surface area is 123 Å². The summed E-state index contributed by atoms with van der Waals surface area (Å²) in [4.78, 5) is 25.5. The van der Waals surface area contributed by atoms with Gasteiger partial charge >= 0.3 is 0 Å². The number of thioether (sulfide) groups is 1. The van der Waals surface area contributed by atoms with Crippen molar-refractivity contribution in [1.82, 2.24) is 17.3 Å². The van der Waals surface area contributed by atoms with Crippen LogP contribution >= 0.6 is 23.1 Å². The van der Waals surface area contributed by atoms with Gasteiger partial charge in [-0.15, -0.1) is 11.3 Å². The lowest BCUT2D eigenvalue weighted by molar-refractivity contribution is -0.314. The van der Waals surface area contributed by atoms with Gasteiger partial charge < -0.3 is 32.1 Å². The van der Waals surface area contributed by atoms with Gasteiger partial charge in [-0.1, -0.05) is 23.9 Å². The molecule has 0 radical (unpaired) electrons. The number of rotatable bonds is 5. The van der Waals surface area contributed by atoms with Gasteiger partial charge in [0, 0.05) is 12.4 Å². The first-order valence-corrected chi connectivity index (χ1v) is 6.69. The molecule has 9 heteroatoms. The van der Waals surface area contributed by atoms with Crippen LogP contribution in [0.15, 0.2) is 28.6 Å². The third-order valence-corrected chi connectivity index (χ3v) is 4.44. The number of para-hydroxylation sites is 1. The molecular weight excluding hydrogens is 302 g/mol. The molecular formula is C11H15N3O4S2. The monoisotopic (exact) mass is 317 g/mol. The van der Waals surface area contributed by atoms with Crippen LogP contribution in [0.5, 0.6) is 0 Å². The summed E-state index contributed by atoms with van der Waals surface area (Å²) in [5.41, 5.74) is 0.760. The number of aromatic nitrogens is 1. The molecule has 1 aromatic heterocycles. The first-order valence-electron chi connectivity index (χ1n) is 4.99. The summed E-state index contributed by atoms with van der Waals surface area (Å²) in [5, 5.41) is 20.1. The van der Waals surface area contributed by atoms with Crippen molar-refractivity contribution < 1.29 is 19.8 Å². The van der Waals surface area contributed by atoms with Gasteiger partial charge in [0.2, 0.25) is 0 Å². The van der Waals surface area contributed by atoms with Gasteiger partial charge in [-0.3, -0.25) is 0 Å². The van der Waals surface area contributed by atoms with Gasteiger partial charge in [0.1, 0.15) is 0 Å². The Morgan fingerprint density at radius 2 is 1.90 bits per heavy atom. The van der Waals surface area contributed by atoms with Crippen molar-refractivity contribution >= 4 is 45.3 Å². The Bertz CT molecular complexity index is 569. The highest BCUT2D eigenvalue weighted by Crippen LogP contribution is 2.32. The second kappa shape index (κ2) is 7.80. The molecule has 110 valence electrons. The molecule has 1 unspecified atom stereocenters. The number of aliphatic carboxylic acids is 2. The number of carbonyl (C=O) groups excluding carboxylic acids is 2. The molecule has 8 N–H and O–H groups in total. The topological polar surface area (TPSA) is 166 Å². The molecule has 0 spiro atoms. The van der Waals surface area contributed by atoms with Crippen LogP contribution in [-0.4, -0.2) is 22.2 Å². The van der Waals surface area contributed by atoms with Crippen molar-refractivity contribution in [3.63, 3.8) is 0 Å². The second-order valence-electron chi connectivity index (χ2n) is 3.45. The SMILES string of the molecule is O=C([O-])CC(Sc1nc2ccccc2s1)C(=O)[O-].[NH4+].[NH4+]. The second-order valence-corrected chi connectivity index (χ2v) is 5.93. The summed E-state index contributed by atoms with van der Waals surface area (Å²) in [5.74, 6) is -2.85. The number of thiazole rings is 1. The Kier molecular flexibility index (Phi) is 7.14. The minimum atomic E-state index is -1.43. The molecule has 1 aromatic carbocycles. The van der Waals surface area contributed by atoms with Crippen LogP contribution in [-0.2, 0) is 9.59 Å². The highest BCUT2D eigenvalue weighted by atomic mass is 32.2. The fourth-order valence-corrected chi connectivity index (χ4v) is 3.56. The van der Waals surface area contributed by atoms with E-state index in [9.17, 15) is 19.8 Å². The molecule has 0 aliphatic heterocycles. The fraction of sp³-hybridized carbons (Fsp3) is 0.182. The van der Waals surface area contributed by atoms with E-state index in [-0.39, 0.29) is 12.3 Å². The normalized spacial score (nSPS) is 11.2. The zero-order valence-electron chi connectivity index (χ0n) is 11.0. The molecule has 20 heavy (non-hydrogen) atoms. The van der Waals surface area contributed by atoms with Crippen LogP contribution in [0.2, 0.25) is 0 Å². The molecule has 0 saturated carbocycles. The Balaban J connectivity index is 0.00000180. The molecule has 0 aliphatic carbocycles. The van der Waals surface area contributed by atoms with Crippen LogP contribution in [0.3, 0.4) is 0 Å². The number of hydrogen-bond acceptors (Lipinski definition) is 7. The van der Waals surface area contributed by atoms with Gasteiger partial charge in [-0.25, -0.2) is 4.98 Å². The number of quaternary nitrogens is 2. The lowest BCUT2D eigenvalue weighted by Gasteiger charge is -2.16. The zero-order chi connectivity index (χ0) is 13.1. The Hall–Kier alpha value is -1.68. The number of nitrogens with zero attached hydrogens (tertiary/aromatic N) is 1. The van der Waals surface area contributed by atoms with Crippen molar-refractivity contribution in [3.8, 4) is 0 Å². The first-order chi connectivity index (χ1) is 8.56. The third kappa shape index (κ3) is 4.46. The van der Waals surface area contributed by atoms with E-state index in [1.165, 1.54) is 11.3 Å². The summed E-state index contributed by atoms with van der Waals surface area (Å²) < 4.78 is 1.43. The minimum absolute atomic E-state index is 0. The number of benzene rings is 1. The predicted molar refractivity (Wildman–Crippen MR) is 75.9 cm³/mol. The summed E-state index contributed by atoms with van der Waals surface area (Å²) in [6.45, 7) is 0. The largest absolute Gasteiger partial charge is 0.550 e. The van der Waals surface area contributed by atoms with Gasteiger partial charge in [0.15, 0.2) is 4.34 Å². The average Bonchev–Trinajstić information content (AvgIpc) is 2.69. The summed E-state index contributed by atoms with van der Waals surface area (Å²) in [6.07, 6.45) is -0.594. The van der Waals surface area contributed by atoms with Crippen molar-refractivity contribution in [2.45, 2.75) is 16.0 Å². The highest BCUT2D eigenvalue weighted by molar-refractivity contribution is 8.02. The van der Waals surface area contributed by atoms with Crippen molar-refractivity contribution in [2.75, 3.05) is 0 Å². The van der Waals surface area contributed by atoms with Gasteiger partial charge in [-0.2, -0.15) is 0 Å². The number of fused-ring (bicyclic) bond motifs is 1. The summed E-state index contributed by atoms with van der Waals surface area (Å²) in [7, 11) is 0. The molecule has 2 aromatic rings. The van der Waals surface area contributed by atoms with E-state index in [1.54, 1.807) is 0 Å². The molecule has 0 saturated heterocycles. The Morgan fingerprint density at radius 1 is 1.25 bits per heavy atom. The number of carboxylic acid groups (broad SMARTS) is 2. The molecule has 7 nitrogen and oxygen atoms in total. The molecule has 0 fully saturated rings.